The number of carbonyl (C=O) groups excluding carboxylic acids is 1. The van der Waals surface area contributed by atoms with E-state index >= 15 is 0 Å². The molecule has 0 aromatic carbocycles. The van der Waals surface area contributed by atoms with Crippen molar-refractivity contribution in [1.29, 1.82) is 0 Å². The van der Waals surface area contributed by atoms with Crippen LogP contribution in [-0.4, -0.2) is 52.5 Å². The van der Waals surface area contributed by atoms with Gasteiger partial charge >= 0.3 is 6.03 Å². The monoisotopic (exact) mass is 312 g/mol. The van der Waals surface area contributed by atoms with Gasteiger partial charge < -0.3 is 20.4 Å². The van der Waals surface area contributed by atoms with Gasteiger partial charge in [0.05, 0.1) is 12.1 Å². The highest BCUT2D eigenvalue weighted by Crippen LogP contribution is 2.35. The number of nitrogens with one attached hydrogen (secondary N) is 1. The molecule has 0 spiro atoms. The maximum Gasteiger partial charge on any atom is 0.318 e. The highest BCUT2D eigenvalue weighted by atomic mass is 16.3. The summed E-state index contributed by atoms with van der Waals surface area (Å²) in [7, 11) is 0. The first kappa shape index (κ1) is 17.5. The number of urea groups is 1. The standard InChI is InChI=1S/C17H32N2O3/c1-13(2)11-17(12-21)8-4-9-19(17)16(22)18-15-6-3-5-14(15)7-10-20/h13-15,20-21H,3-12H2,1-2H3,(H,18,22). The van der Waals surface area contributed by atoms with E-state index in [1.165, 1.54) is 0 Å². The first-order valence-electron chi connectivity index (χ1n) is 8.82. The van der Waals surface area contributed by atoms with Crippen LogP contribution < -0.4 is 5.32 Å². The maximum absolute atomic E-state index is 12.7. The molecule has 0 bridgehead atoms. The van der Waals surface area contributed by atoms with Crippen molar-refractivity contribution in [2.24, 2.45) is 11.8 Å². The van der Waals surface area contributed by atoms with Crippen molar-refractivity contribution in [3.8, 4) is 0 Å². The van der Waals surface area contributed by atoms with E-state index < -0.39 is 0 Å². The van der Waals surface area contributed by atoms with Crippen LogP contribution >= 0.6 is 0 Å². The molecule has 3 unspecified atom stereocenters. The average molecular weight is 312 g/mol. The van der Waals surface area contributed by atoms with E-state index in [0.29, 0.717) is 11.8 Å². The van der Waals surface area contributed by atoms with Crippen LogP contribution in [0.25, 0.3) is 0 Å². The van der Waals surface area contributed by atoms with E-state index in [1.807, 2.05) is 4.90 Å². The molecule has 1 saturated carbocycles. The minimum Gasteiger partial charge on any atom is -0.396 e. The van der Waals surface area contributed by atoms with Gasteiger partial charge in [-0.15, -0.1) is 0 Å². The summed E-state index contributed by atoms with van der Waals surface area (Å²) in [5, 5.41) is 22.3. The number of carbonyl (C=O) groups is 1. The molecule has 128 valence electrons. The van der Waals surface area contributed by atoms with E-state index in [-0.39, 0.29) is 30.8 Å². The molecule has 2 rings (SSSR count). The molecular formula is C17H32N2O3. The summed E-state index contributed by atoms with van der Waals surface area (Å²) in [6.07, 6.45) is 6.67. The predicted molar refractivity (Wildman–Crippen MR) is 86.6 cm³/mol. The Hall–Kier alpha value is -0.810. The number of hydrogen-bond acceptors (Lipinski definition) is 3. The second-order valence-electron chi connectivity index (χ2n) is 7.49. The van der Waals surface area contributed by atoms with E-state index in [1.54, 1.807) is 0 Å². The third-order valence-corrected chi connectivity index (χ3v) is 5.39. The van der Waals surface area contributed by atoms with Gasteiger partial charge in [0.15, 0.2) is 0 Å². The van der Waals surface area contributed by atoms with Crippen LogP contribution in [0.1, 0.15) is 58.8 Å². The Balaban J connectivity index is 2.01. The lowest BCUT2D eigenvalue weighted by atomic mass is 9.87. The van der Waals surface area contributed by atoms with Crippen LogP contribution in [0, 0.1) is 11.8 Å². The SMILES string of the molecule is CC(C)CC1(CO)CCCN1C(=O)NC1CCCC1CCO. The molecule has 1 aliphatic carbocycles. The summed E-state index contributed by atoms with van der Waals surface area (Å²) in [5.41, 5.74) is -0.386. The molecule has 2 aliphatic rings. The number of hydrogen-bond donors (Lipinski definition) is 3. The van der Waals surface area contributed by atoms with E-state index in [0.717, 1.165) is 51.5 Å². The van der Waals surface area contributed by atoms with Crippen molar-refractivity contribution >= 4 is 6.03 Å². The molecule has 5 nitrogen and oxygen atoms in total. The smallest absolute Gasteiger partial charge is 0.318 e. The molecule has 0 radical (unpaired) electrons. The molecule has 5 heteroatoms. The molecular weight excluding hydrogens is 280 g/mol. The second kappa shape index (κ2) is 7.64. The molecule has 0 aromatic rings. The Morgan fingerprint density at radius 3 is 2.73 bits per heavy atom. The summed E-state index contributed by atoms with van der Waals surface area (Å²) in [5.74, 6) is 0.847. The van der Waals surface area contributed by atoms with Gasteiger partial charge in [0, 0.05) is 19.2 Å². The van der Waals surface area contributed by atoms with Gasteiger partial charge in [0.2, 0.25) is 0 Å². The van der Waals surface area contributed by atoms with Gasteiger partial charge in [0.25, 0.3) is 0 Å². The zero-order valence-corrected chi connectivity index (χ0v) is 14.1. The molecule has 2 amide bonds. The summed E-state index contributed by atoms with van der Waals surface area (Å²) < 4.78 is 0. The second-order valence-corrected chi connectivity index (χ2v) is 7.49. The predicted octanol–water partition coefficient (Wildman–Crippen LogP) is 2.12. The zero-order valence-electron chi connectivity index (χ0n) is 14.1. The fourth-order valence-corrected chi connectivity index (χ4v) is 4.43. The van der Waals surface area contributed by atoms with Crippen LogP contribution in [-0.2, 0) is 0 Å². The average Bonchev–Trinajstić information content (AvgIpc) is 3.06. The minimum absolute atomic E-state index is 0.0259. The highest BCUT2D eigenvalue weighted by molar-refractivity contribution is 5.76. The minimum atomic E-state index is -0.386. The molecule has 0 aromatic heterocycles. The Morgan fingerprint density at radius 2 is 2.09 bits per heavy atom. The highest BCUT2D eigenvalue weighted by Gasteiger charge is 2.44. The molecule has 1 saturated heterocycles. The lowest BCUT2D eigenvalue weighted by molar-refractivity contribution is 0.0657. The molecule has 3 atom stereocenters. The van der Waals surface area contributed by atoms with Crippen molar-refractivity contribution in [3.63, 3.8) is 0 Å². The topological polar surface area (TPSA) is 72.8 Å². The zero-order chi connectivity index (χ0) is 16.2. The first-order valence-corrected chi connectivity index (χ1v) is 8.82. The maximum atomic E-state index is 12.7. The third kappa shape index (κ3) is 3.74. The fraction of sp³-hybridized carbons (Fsp3) is 0.941. The summed E-state index contributed by atoms with van der Waals surface area (Å²) in [6.45, 7) is 5.24. The van der Waals surface area contributed by atoms with Gasteiger partial charge in [-0.1, -0.05) is 20.3 Å². The Bertz CT molecular complexity index is 375. The Labute approximate surface area is 134 Å². The van der Waals surface area contributed by atoms with Gasteiger partial charge in [-0.25, -0.2) is 4.79 Å². The molecule has 3 N–H and O–H groups in total. The van der Waals surface area contributed by atoms with Gasteiger partial charge in [-0.2, -0.15) is 0 Å². The molecule has 2 fully saturated rings. The Kier molecular flexibility index (Phi) is 6.09. The molecule has 1 heterocycles. The van der Waals surface area contributed by atoms with Crippen molar-refractivity contribution < 1.29 is 15.0 Å². The quantitative estimate of drug-likeness (QED) is 0.703. The number of likely N-dealkylation sites (tertiary alicyclic amines) is 1. The van der Waals surface area contributed by atoms with Crippen molar-refractivity contribution in [1.82, 2.24) is 10.2 Å². The van der Waals surface area contributed by atoms with Crippen LogP contribution in [0.15, 0.2) is 0 Å². The largest absolute Gasteiger partial charge is 0.396 e. The van der Waals surface area contributed by atoms with E-state index in [4.69, 9.17) is 5.11 Å². The van der Waals surface area contributed by atoms with Crippen LogP contribution in [0.2, 0.25) is 0 Å². The lowest BCUT2D eigenvalue weighted by Gasteiger charge is -2.39. The Morgan fingerprint density at radius 1 is 1.32 bits per heavy atom. The van der Waals surface area contributed by atoms with Crippen molar-refractivity contribution in [2.75, 3.05) is 19.8 Å². The van der Waals surface area contributed by atoms with Crippen molar-refractivity contribution in [3.05, 3.63) is 0 Å². The van der Waals surface area contributed by atoms with Crippen LogP contribution in [0.3, 0.4) is 0 Å². The van der Waals surface area contributed by atoms with Crippen LogP contribution in [0.5, 0.6) is 0 Å². The van der Waals surface area contributed by atoms with Crippen LogP contribution in [0.4, 0.5) is 4.79 Å². The number of aliphatic hydroxyl groups excluding tert-OH is 2. The van der Waals surface area contributed by atoms with Gasteiger partial charge in [0.1, 0.15) is 0 Å². The summed E-state index contributed by atoms with van der Waals surface area (Å²) in [4.78, 5) is 14.6. The normalized spacial score (nSPS) is 32.0. The number of rotatable bonds is 6. The molecule has 1 aliphatic heterocycles. The lowest BCUT2D eigenvalue weighted by Crippen LogP contribution is -2.56. The third-order valence-electron chi connectivity index (χ3n) is 5.39. The fourth-order valence-electron chi connectivity index (χ4n) is 4.43. The van der Waals surface area contributed by atoms with Gasteiger partial charge in [-0.3, -0.25) is 0 Å². The van der Waals surface area contributed by atoms with Crippen molar-refractivity contribution in [2.45, 2.75) is 70.4 Å². The number of amides is 2. The first-order chi connectivity index (χ1) is 10.5. The van der Waals surface area contributed by atoms with E-state index in [2.05, 4.69) is 19.2 Å². The summed E-state index contributed by atoms with van der Waals surface area (Å²) in [6, 6.07) is 0.151. The van der Waals surface area contributed by atoms with Gasteiger partial charge in [-0.05, 0) is 50.4 Å². The van der Waals surface area contributed by atoms with E-state index in [9.17, 15) is 9.90 Å². The number of aliphatic hydroxyl groups is 2. The number of nitrogens with zero attached hydrogens (tertiary/aromatic N) is 1. The summed E-state index contributed by atoms with van der Waals surface area (Å²) >= 11 is 0. The molecule has 22 heavy (non-hydrogen) atoms.